The standard InChI is InChI=1S/C17H30N2O2/c1-5-11-20-16-9-8-15(14-18-6-2)17(13-16)21-12-7-10-19(3)4/h8-9,13,18H,5-7,10-12,14H2,1-4H3. The van der Waals surface area contributed by atoms with Gasteiger partial charge in [0, 0.05) is 24.7 Å². The van der Waals surface area contributed by atoms with Gasteiger partial charge in [-0.2, -0.15) is 0 Å². The summed E-state index contributed by atoms with van der Waals surface area (Å²) in [6.45, 7) is 8.51. The normalized spacial score (nSPS) is 10.9. The average molecular weight is 294 g/mol. The number of ether oxygens (including phenoxy) is 2. The van der Waals surface area contributed by atoms with Crippen molar-refractivity contribution in [2.24, 2.45) is 0 Å². The predicted molar refractivity (Wildman–Crippen MR) is 88.3 cm³/mol. The third-order valence-corrected chi connectivity index (χ3v) is 3.08. The zero-order chi connectivity index (χ0) is 15.5. The Morgan fingerprint density at radius 2 is 1.90 bits per heavy atom. The molecule has 0 bridgehead atoms. The Morgan fingerprint density at radius 3 is 2.57 bits per heavy atom. The van der Waals surface area contributed by atoms with E-state index in [0.29, 0.717) is 0 Å². The van der Waals surface area contributed by atoms with Crippen molar-refractivity contribution in [3.63, 3.8) is 0 Å². The fourth-order valence-electron chi connectivity index (χ4n) is 1.95. The van der Waals surface area contributed by atoms with Crippen LogP contribution in [0.2, 0.25) is 0 Å². The first-order chi connectivity index (χ1) is 10.2. The smallest absolute Gasteiger partial charge is 0.127 e. The molecule has 0 spiro atoms. The number of rotatable bonds is 11. The second-order valence-electron chi connectivity index (χ2n) is 5.40. The summed E-state index contributed by atoms with van der Waals surface area (Å²) in [4.78, 5) is 2.17. The number of nitrogens with zero attached hydrogens (tertiary/aromatic N) is 1. The van der Waals surface area contributed by atoms with Gasteiger partial charge in [-0.1, -0.05) is 19.9 Å². The van der Waals surface area contributed by atoms with E-state index in [4.69, 9.17) is 9.47 Å². The van der Waals surface area contributed by atoms with Crippen molar-refractivity contribution < 1.29 is 9.47 Å². The molecule has 0 unspecified atom stereocenters. The lowest BCUT2D eigenvalue weighted by molar-refractivity contribution is 0.274. The lowest BCUT2D eigenvalue weighted by atomic mass is 10.2. The topological polar surface area (TPSA) is 33.7 Å². The van der Waals surface area contributed by atoms with E-state index in [-0.39, 0.29) is 0 Å². The summed E-state index contributed by atoms with van der Waals surface area (Å²) in [7, 11) is 4.16. The van der Waals surface area contributed by atoms with Crippen molar-refractivity contribution in [1.82, 2.24) is 10.2 Å². The maximum absolute atomic E-state index is 5.96. The molecule has 0 saturated heterocycles. The van der Waals surface area contributed by atoms with Crippen LogP contribution in [-0.4, -0.2) is 45.3 Å². The van der Waals surface area contributed by atoms with Crippen molar-refractivity contribution in [3.8, 4) is 11.5 Å². The maximum Gasteiger partial charge on any atom is 0.127 e. The molecule has 1 N–H and O–H groups in total. The molecule has 0 aliphatic carbocycles. The highest BCUT2D eigenvalue weighted by molar-refractivity contribution is 5.40. The number of benzene rings is 1. The Balaban J connectivity index is 2.64. The highest BCUT2D eigenvalue weighted by Gasteiger charge is 2.06. The van der Waals surface area contributed by atoms with Crippen LogP contribution in [0, 0.1) is 0 Å². The number of hydrogen-bond donors (Lipinski definition) is 1. The summed E-state index contributed by atoms with van der Waals surface area (Å²) in [6.07, 6.45) is 2.03. The van der Waals surface area contributed by atoms with Crippen molar-refractivity contribution in [2.75, 3.05) is 40.4 Å². The van der Waals surface area contributed by atoms with Crippen LogP contribution in [-0.2, 0) is 6.54 Å². The molecule has 0 aliphatic rings. The molecule has 0 heterocycles. The first kappa shape index (κ1) is 17.8. The van der Waals surface area contributed by atoms with Gasteiger partial charge in [0.1, 0.15) is 11.5 Å². The quantitative estimate of drug-likeness (QED) is 0.636. The number of hydrogen-bond acceptors (Lipinski definition) is 4. The van der Waals surface area contributed by atoms with E-state index >= 15 is 0 Å². The van der Waals surface area contributed by atoms with E-state index < -0.39 is 0 Å². The molecule has 1 aromatic rings. The Labute approximate surface area is 129 Å². The van der Waals surface area contributed by atoms with E-state index in [0.717, 1.165) is 57.2 Å². The molecule has 0 fully saturated rings. The molecule has 0 aromatic heterocycles. The van der Waals surface area contributed by atoms with Crippen LogP contribution in [0.3, 0.4) is 0 Å². The number of nitrogens with one attached hydrogen (secondary N) is 1. The van der Waals surface area contributed by atoms with E-state index in [9.17, 15) is 0 Å². The zero-order valence-electron chi connectivity index (χ0n) is 13.9. The van der Waals surface area contributed by atoms with Gasteiger partial charge >= 0.3 is 0 Å². The van der Waals surface area contributed by atoms with Crippen molar-refractivity contribution in [3.05, 3.63) is 23.8 Å². The van der Waals surface area contributed by atoms with Gasteiger partial charge in [0.2, 0.25) is 0 Å². The molecule has 4 heteroatoms. The first-order valence-corrected chi connectivity index (χ1v) is 7.91. The van der Waals surface area contributed by atoms with Crippen LogP contribution in [0.1, 0.15) is 32.3 Å². The molecule has 1 rings (SSSR count). The lowest BCUT2D eigenvalue weighted by Crippen LogP contribution is -2.16. The van der Waals surface area contributed by atoms with Gasteiger partial charge in [-0.15, -0.1) is 0 Å². The predicted octanol–water partition coefficient (Wildman–Crippen LogP) is 2.92. The van der Waals surface area contributed by atoms with Crippen LogP contribution in [0.15, 0.2) is 18.2 Å². The molecule has 0 saturated carbocycles. The Hall–Kier alpha value is -1.26. The summed E-state index contributed by atoms with van der Waals surface area (Å²) in [5.41, 5.74) is 1.19. The van der Waals surface area contributed by atoms with Gasteiger partial charge in [-0.3, -0.25) is 0 Å². The minimum atomic E-state index is 0.731. The monoisotopic (exact) mass is 294 g/mol. The Kier molecular flexibility index (Phi) is 8.87. The zero-order valence-corrected chi connectivity index (χ0v) is 13.9. The van der Waals surface area contributed by atoms with Gasteiger partial charge in [0.15, 0.2) is 0 Å². The second-order valence-corrected chi connectivity index (χ2v) is 5.40. The van der Waals surface area contributed by atoms with Gasteiger partial charge < -0.3 is 19.7 Å². The molecular weight excluding hydrogens is 264 g/mol. The Morgan fingerprint density at radius 1 is 1.10 bits per heavy atom. The third kappa shape index (κ3) is 7.34. The molecule has 0 atom stereocenters. The summed E-state index contributed by atoms with van der Waals surface area (Å²) >= 11 is 0. The third-order valence-electron chi connectivity index (χ3n) is 3.08. The fraction of sp³-hybridized carbons (Fsp3) is 0.647. The molecule has 0 aliphatic heterocycles. The molecule has 4 nitrogen and oxygen atoms in total. The molecule has 0 amide bonds. The molecule has 0 radical (unpaired) electrons. The first-order valence-electron chi connectivity index (χ1n) is 7.91. The summed E-state index contributed by atoms with van der Waals surface area (Å²) in [6, 6.07) is 6.13. The van der Waals surface area contributed by atoms with Crippen LogP contribution in [0.25, 0.3) is 0 Å². The average Bonchev–Trinajstić information content (AvgIpc) is 2.48. The minimum absolute atomic E-state index is 0.731. The van der Waals surface area contributed by atoms with Gasteiger partial charge in [0.05, 0.1) is 13.2 Å². The molecule has 21 heavy (non-hydrogen) atoms. The van der Waals surface area contributed by atoms with Crippen LogP contribution in [0.5, 0.6) is 11.5 Å². The molecule has 120 valence electrons. The van der Waals surface area contributed by atoms with E-state index in [1.54, 1.807) is 0 Å². The largest absolute Gasteiger partial charge is 0.493 e. The van der Waals surface area contributed by atoms with Crippen LogP contribution < -0.4 is 14.8 Å². The van der Waals surface area contributed by atoms with Crippen LogP contribution >= 0.6 is 0 Å². The summed E-state index contributed by atoms with van der Waals surface area (Å²) in [5, 5.41) is 3.35. The van der Waals surface area contributed by atoms with E-state index in [2.05, 4.69) is 44.2 Å². The maximum atomic E-state index is 5.96. The highest BCUT2D eigenvalue weighted by atomic mass is 16.5. The molecular formula is C17H30N2O2. The Bertz CT molecular complexity index is 394. The molecule has 1 aromatic carbocycles. The van der Waals surface area contributed by atoms with Crippen molar-refractivity contribution in [1.29, 1.82) is 0 Å². The van der Waals surface area contributed by atoms with Gasteiger partial charge in [0.25, 0.3) is 0 Å². The summed E-state index contributed by atoms with van der Waals surface area (Å²) < 4.78 is 11.6. The lowest BCUT2D eigenvalue weighted by Gasteiger charge is -2.15. The summed E-state index contributed by atoms with van der Waals surface area (Å²) in [5.74, 6) is 1.82. The van der Waals surface area contributed by atoms with Crippen molar-refractivity contribution in [2.45, 2.75) is 33.2 Å². The highest BCUT2D eigenvalue weighted by Crippen LogP contribution is 2.25. The van der Waals surface area contributed by atoms with E-state index in [1.165, 1.54) is 5.56 Å². The van der Waals surface area contributed by atoms with Crippen LogP contribution in [0.4, 0.5) is 0 Å². The van der Waals surface area contributed by atoms with Crippen molar-refractivity contribution >= 4 is 0 Å². The van der Waals surface area contributed by atoms with Gasteiger partial charge in [-0.05, 0) is 39.5 Å². The van der Waals surface area contributed by atoms with E-state index in [1.807, 2.05) is 12.1 Å². The fourth-order valence-corrected chi connectivity index (χ4v) is 1.95. The minimum Gasteiger partial charge on any atom is -0.493 e. The second kappa shape index (κ2) is 10.5. The SMILES string of the molecule is CCCOc1ccc(CNCC)c(OCCCN(C)C)c1. The van der Waals surface area contributed by atoms with Gasteiger partial charge in [-0.25, -0.2) is 0 Å².